The standard InChI is InChI=1S/C49H97N3O4/c1-4-7-10-13-16-17-18-21-30-44-56-49(55)37-27-23-29-39-51(40-41-52(42-43-53)47-34-31-35-47)38-28-22-26-36-48(54)50-45-46(32-24-19-14-11-8-5-2)33-25-20-15-12-9-6-3/h46-47,53H,4-45H2,1-3H3,(H,50,54). The van der Waals surface area contributed by atoms with Crippen LogP contribution in [0.4, 0.5) is 0 Å². The molecule has 0 spiro atoms. The predicted octanol–water partition coefficient (Wildman–Crippen LogP) is 12.6. The number of esters is 1. The fourth-order valence-corrected chi connectivity index (χ4v) is 8.33. The van der Waals surface area contributed by atoms with Gasteiger partial charge >= 0.3 is 5.97 Å². The Bertz CT molecular complexity index is 837. The van der Waals surface area contributed by atoms with Crippen molar-refractivity contribution in [3.63, 3.8) is 0 Å². The van der Waals surface area contributed by atoms with E-state index in [1.807, 2.05) is 0 Å². The van der Waals surface area contributed by atoms with Crippen LogP contribution in [0, 0.1) is 5.92 Å². The maximum atomic E-state index is 12.9. The number of aliphatic hydroxyl groups excluding tert-OH is 1. The number of unbranched alkanes of at least 4 members (excludes halogenated alkanes) is 22. The zero-order chi connectivity index (χ0) is 40.6. The van der Waals surface area contributed by atoms with Gasteiger partial charge < -0.3 is 20.1 Å². The first-order chi connectivity index (χ1) is 27.5. The van der Waals surface area contributed by atoms with Crippen LogP contribution >= 0.6 is 0 Å². The van der Waals surface area contributed by atoms with E-state index in [1.165, 1.54) is 161 Å². The van der Waals surface area contributed by atoms with Gasteiger partial charge in [0, 0.05) is 45.1 Å². The molecule has 332 valence electrons. The van der Waals surface area contributed by atoms with E-state index in [0.717, 1.165) is 84.2 Å². The first-order valence-electron chi connectivity index (χ1n) is 25.0. The van der Waals surface area contributed by atoms with Gasteiger partial charge in [-0.25, -0.2) is 0 Å². The van der Waals surface area contributed by atoms with E-state index in [4.69, 9.17) is 4.74 Å². The van der Waals surface area contributed by atoms with Crippen molar-refractivity contribution in [2.45, 2.75) is 245 Å². The molecule has 1 fully saturated rings. The smallest absolute Gasteiger partial charge is 0.305 e. The maximum absolute atomic E-state index is 12.9. The molecule has 1 aliphatic carbocycles. The van der Waals surface area contributed by atoms with Crippen LogP contribution in [0.1, 0.15) is 239 Å². The Morgan fingerprint density at radius 2 is 1.05 bits per heavy atom. The largest absolute Gasteiger partial charge is 0.466 e. The molecule has 0 atom stereocenters. The second-order valence-electron chi connectivity index (χ2n) is 17.6. The average Bonchev–Trinajstić information content (AvgIpc) is 3.17. The minimum Gasteiger partial charge on any atom is -0.466 e. The van der Waals surface area contributed by atoms with Gasteiger partial charge in [-0.1, -0.05) is 168 Å². The van der Waals surface area contributed by atoms with Crippen LogP contribution in [-0.2, 0) is 14.3 Å². The van der Waals surface area contributed by atoms with E-state index in [-0.39, 0.29) is 18.5 Å². The van der Waals surface area contributed by atoms with Crippen LogP contribution in [0.25, 0.3) is 0 Å². The van der Waals surface area contributed by atoms with Crippen molar-refractivity contribution >= 4 is 11.9 Å². The number of hydrogen-bond donors (Lipinski definition) is 2. The molecule has 0 aromatic heterocycles. The highest BCUT2D eigenvalue weighted by atomic mass is 16.5. The number of carbonyl (C=O) groups is 2. The van der Waals surface area contributed by atoms with Crippen LogP contribution in [0.2, 0.25) is 0 Å². The normalized spacial score (nSPS) is 13.3. The molecule has 56 heavy (non-hydrogen) atoms. The van der Waals surface area contributed by atoms with Crippen molar-refractivity contribution in [2.24, 2.45) is 5.92 Å². The molecule has 0 radical (unpaired) electrons. The van der Waals surface area contributed by atoms with Gasteiger partial charge in [0.1, 0.15) is 0 Å². The molecule has 1 amide bonds. The molecule has 1 saturated carbocycles. The number of rotatable bonds is 44. The van der Waals surface area contributed by atoms with Gasteiger partial charge in [0.05, 0.1) is 13.2 Å². The van der Waals surface area contributed by atoms with Gasteiger partial charge in [-0.2, -0.15) is 0 Å². The van der Waals surface area contributed by atoms with Gasteiger partial charge in [0.2, 0.25) is 5.91 Å². The summed E-state index contributed by atoms with van der Waals surface area (Å²) in [5.41, 5.74) is 0. The molecular weight excluding hydrogens is 695 g/mol. The second-order valence-corrected chi connectivity index (χ2v) is 17.6. The summed E-state index contributed by atoms with van der Waals surface area (Å²) in [6.45, 7) is 13.4. The lowest BCUT2D eigenvalue weighted by Crippen LogP contribution is -2.45. The number of carbonyl (C=O) groups excluding carboxylic acids is 2. The Hall–Kier alpha value is -1.18. The summed E-state index contributed by atoms with van der Waals surface area (Å²) < 4.78 is 5.53. The third-order valence-electron chi connectivity index (χ3n) is 12.4. The number of hydrogen-bond acceptors (Lipinski definition) is 6. The number of nitrogens with one attached hydrogen (secondary N) is 1. The van der Waals surface area contributed by atoms with Gasteiger partial charge in [0.15, 0.2) is 0 Å². The van der Waals surface area contributed by atoms with Crippen LogP contribution in [0.15, 0.2) is 0 Å². The number of amides is 1. The fourth-order valence-electron chi connectivity index (χ4n) is 8.33. The molecular formula is C49H97N3O4. The Kier molecular flexibility index (Phi) is 38.3. The quantitative estimate of drug-likeness (QED) is 0.0472. The van der Waals surface area contributed by atoms with Crippen molar-refractivity contribution in [3.8, 4) is 0 Å². The summed E-state index contributed by atoms with van der Waals surface area (Å²) in [6, 6.07) is 0.639. The highest BCUT2D eigenvalue weighted by Crippen LogP contribution is 2.24. The van der Waals surface area contributed by atoms with Gasteiger partial charge in [-0.15, -0.1) is 0 Å². The van der Waals surface area contributed by atoms with Crippen molar-refractivity contribution in [3.05, 3.63) is 0 Å². The first kappa shape index (κ1) is 52.8. The van der Waals surface area contributed by atoms with E-state index >= 15 is 0 Å². The molecule has 0 unspecified atom stereocenters. The minimum absolute atomic E-state index is 0.0308. The van der Waals surface area contributed by atoms with E-state index < -0.39 is 0 Å². The molecule has 2 N–H and O–H groups in total. The fraction of sp³-hybridized carbons (Fsp3) is 0.959. The molecule has 0 bridgehead atoms. The Balaban J connectivity index is 2.36. The van der Waals surface area contributed by atoms with Crippen molar-refractivity contribution < 1.29 is 19.4 Å². The lowest BCUT2D eigenvalue weighted by Gasteiger charge is -2.38. The molecule has 7 heteroatoms. The molecule has 0 aromatic carbocycles. The zero-order valence-corrected chi connectivity index (χ0v) is 37.9. The highest BCUT2D eigenvalue weighted by Gasteiger charge is 2.24. The Labute approximate surface area is 349 Å². The van der Waals surface area contributed by atoms with E-state index in [2.05, 4.69) is 35.9 Å². The number of nitrogens with zero attached hydrogens (tertiary/aromatic N) is 2. The molecule has 0 aromatic rings. The predicted molar refractivity (Wildman–Crippen MR) is 240 cm³/mol. The monoisotopic (exact) mass is 792 g/mol. The van der Waals surface area contributed by atoms with Crippen LogP contribution in [0.5, 0.6) is 0 Å². The maximum Gasteiger partial charge on any atom is 0.305 e. The summed E-state index contributed by atoms with van der Waals surface area (Å²) >= 11 is 0. The number of aliphatic hydroxyl groups is 1. The minimum atomic E-state index is -0.0308. The molecule has 0 heterocycles. The highest BCUT2D eigenvalue weighted by molar-refractivity contribution is 5.75. The van der Waals surface area contributed by atoms with Crippen molar-refractivity contribution in [1.29, 1.82) is 0 Å². The molecule has 1 aliphatic rings. The lowest BCUT2D eigenvalue weighted by atomic mass is 9.91. The Morgan fingerprint density at radius 3 is 1.55 bits per heavy atom. The van der Waals surface area contributed by atoms with Crippen molar-refractivity contribution in [2.75, 3.05) is 52.5 Å². The Morgan fingerprint density at radius 1 is 0.571 bits per heavy atom. The van der Waals surface area contributed by atoms with Gasteiger partial charge in [-0.3, -0.25) is 14.5 Å². The third-order valence-corrected chi connectivity index (χ3v) is 12.4. The van der Waals surface area contributed by atoms with Gasteiger partial charge in [-0.05, 0) is 76.8 Å². The van der Waals surface area contributed by atoms with E-state index in [9.17, 15) is 14.7 Å². The summed E-state index contributed by atoms with van der Waals surface area (Å²) in [5.74, 6) is 0.840. The first-order valence-corrected chi connectivity index (χ1v) is 25.0. The van der Waals surface area contributed by atoms with Crippen molar-refractivity contribution in [1.82, 2.24) is 15.1 Å². The van der Waals surface area contributed by atoms with Gasteiger partial charge in [0.25, 0.3) is 0 Å². The summed E-state index contributed by atoms with van der Waals surface area (Å²) in [5, 5.41) is 13.0. The molecule has 7 nitrogen and oxygen atoms in total. The summed E-state index contributed by atoms with van der Waals surface area (Å²) in [6.07, 6.45) is 41.3. The topological polar surface area (TPSA) is 82.1 Å². The zero-order valence-electron chi connectivity index (χ0n) is 37.9. The molecule has 0 saturated heterocycles. The van der Waals surface area contributed by atoms with Crippen LogP contribution in [0.3, 0.4) is 0 Å². The van der Waals surface area contributed by atoms with Crippen LogP contribution < -0.4 is 5.32 Å². The lowest BCUT2D eigenvalue weighted by molar-refractivity contribution is -0.143. The average molecular weight is 792 g/mol. The summed E-state index contributed by atoms with van der Waals surface area (Å²) in [7, 11) is 0. The molecule has 1 rings (SSSR count). The second kappa shape index (κ2) is 40.6. The van der Waals surface area contributed by atoms with E-state index in [0.29, 0.717) is 31.4 Å². The molecule has 0 aliphatic heterocycles. The third kappa shape index (κ3) is 32.7. The number of ether oxygens (including phenoxy) is 1. The van der Waals surface area contributed by atoms with Crippen LogP contribution in [-0.4, -0.2) is 85.3 Å². The SMILES string of the molecule is CCCCCCCCCCCOC(=O)CCCCCN(CCCCCC(=O)NCC(CCCCCCCC)CCCCCCCC)CCN(CCO)C1CCC1. The van der Waals surface area contributed by atoms with E-state index in [1.54, 1.807) is 0 Å². The summed E-state index contributed by atoms with van der Waals surface area (Å²) in [4.78, 5) is 30.3.